The Morgan fingerprint density at radius 2 is 2.20 bits per heavy atom. The number of halogens is 2. The Hall–Kier alpha value is -1.66. The van der Waals surface area contributed by atoms with Gasteiger partial charge >= 0.3 is 5.97 Å². The molecule has 8 heteroatoms. The fraction of sp³-hybridized carbons (Fsp3) is 0.333. The van der Waals surface area contributed by atoms with Crippen molar-refractivity contribution >= 4 is 29.2 Å². The summed E-state index contributed by atoms with van der Waals surface area (Å²) in [4.78, 5) is 10.7. The van der Waals surface area contributed by atoms with Crippen LogP contribution in [-0.2, 0) is 11.3 Å². The van der Waals surface area contributed by atoms with E-state index in [1.165, 1.54) is 4.68 Å². The maximum absolute atomic E-state index is 10.7. The number of nitrogens with zero attached hydrogens (tertiary/aromatic N) is 4. The lowest BCUT2D eigenvalue weighted by Gasteiger charge is -2.10. The molecule has 0 radical (unpaired) electrons. The second-order valence-corrected chi connectivity index (χ2v) is 5.36. The molecule has 0 bridgehead atoms. The van der Waals surface area contributed by atoms with Gasteiger partial charge in [-0.3, -0.25) is 4.79 Å². The average molecular weight is 315 g/mol. The van der Waals surface area contributed by atoms with Crippen LogP contribution in [0, 0.1) is 5.92 Å². The molecule has 0 saturated carbocycles. The lowest BCUT2D eigenvalue weighted by atomic mass is 10.1. The summed E-state index contributed by atoms with van der Waals surface area (Å²) >= 11 is 12.1. The zero-order valence-electron chi connectivity index (χ0n) is 10.6. The van der Waals surface area contributed by atoms with Crippen LogP contribution in [0.2, 0.25) is 10.0 Å². The normalized spacial score (nSPS) is 12.3. The number of tetrazole rings is 1. The van der Waals surface area contributed by atoms with E-state index >= 15 is 0 Å². The average Bonchev–Trinajstić information content (AvgIpc) is 2.79. The maximum atomic E-state index is 10.7. The van der Waals surface area contributed by atoms with Crippen molar-refractivity contribution in [1.82, 2.24) is 20.2 Å². The summed E-state index contributed by atoms with van der Waals surface area (Å²) in [6, 6.07) is 5.02. The van der Waals surface area contributed by atoms with Crippen molar-refractivity contribution in [1.29, 1.82) is 0 Å². The number of rotatable bonds is 5. The molecule has 2 rings (SSSR count). The van der Waals surface area contributed by atoms with Gasteiger partial charge in [0.25, 0.3) is 0 Å². The Morgan fingerprint density at radius 3 is 2.90 bits per heavy atom. The fourth-order valence-corrected chi connectivity index (χ4v) is 2.22. The maximum Gasteiger partial charge on any atom is 0.303 e. The third-order valence-corrected chi connectivity index (χ3v) is 3.27. The molecule has 106 valence electrons. The van der Waals surface area contributed by atoms with Crippen molar-refractivity contribution in [2.45, 2.75) is 19.9 Å². The molecule has 0 aliphatic rings. The van der Waals surface area contributed by atoms with Crippen LogP contribution < -0.4 is 0 Å². The van der Waals surface area contributed by atoms with Gasteiger partial charge in [-0.2, -0.15) is 0 Å². The Morgan fingerprint density at radius 1 is 1.45 bits per heavy atom. The van der Waals surface area contributed by atoms with Crippen LogP contribution in [0.4, 0.5) is 0 Å². The van der Waals surface area contributed by atoms with Gasteiger partial charge in [-0.05, 0) is 34.5 Å². The zero-order valence-corrected chi connectivity index (χ0v) is 12.1. The molecule has 0 fully saturated rings. The van der Waals surface area contributed by atoms with E-state index in [9.17, 15) is 4.79 Å². The summed E-state index contributed by atoms with van der Waals surface area (Å²) < 4.78 is 1.53. The van der Waals surface area contributed by atoms with Crippen LogP contribution in [0.1, 0.15) is 13.3 Å². The number of aliphatic carboxylic acids is 1. The summed E-state index contributed by atoms with van der Waals surface area (Å²) in [7, 11) is 0. The van der Waals surface area contributed by atoms with Crippen LogP contribution in [0.5, 0.6) is 0 Å². The predicted octanol–water partition coefficient (Wildman–Crippen LogP) is 2.76. The molecular weight excluding hydrogens is 303 g/mol. The first-order valence-corrected chi connectivity index (χ1v) is 6.66. The summed E-state index contributed by atoms with van der Waals surface area (Å²) in [6.45, 7) is 2.20. The van der Waals surface area contributed by atoms with E-state index in [4.69, 9.17) is 28.3 Å². The Bertz CT molecular complexity index is 630. The monoisotopic (exact) mass is 314 g/mol. The molecule has 0 spiro atoms. The highest BCUT2D eigenvalue weighted by Gasteiger charge is 2.16. The van der Waals surface area contributed by atoms with Crippen molar-refractivity contribution < 1.29 is 9.90 Å². The van der Waals surface area contributed by atoms with Crippen molar-refractivity contribution in [2.24, 2.45) is 5.92 Å². The van der Waals surface area contributed by atoms with E-state index in [1.54, 1.807) is 18.2 Å². The van der Waals surface area contributed by atoms with Crippen LogP contribution in [0.25, 0.3) is 11.4 Å². The highest BCUT2D eigenvalue weighted by atomic mass is 35.5. The molecule has 2 aromatic rings. The van der Waals surface area contributed by atoms with E-state index in [2.05, 4.69) is 15.5 Å². The lowest BCUT2D eigenvalue weighted by Crippen LogP contribution is -2.14. The number of carboxylic acid groups (broad SMARTS) is 1. The standard InChI is InChI=1S/C12H12Cl2N4O2/c1-7(4-11(19)20)6-18-12(15-16-17-18)9-5-8(13)2-3-10(9)14/h2-3,5,7H,4,6H2,1H3,(H,19,20). The van der Waals surface area contributed by atoms with Gasteiger partial charge in [-0.25, -0.2) is 4.68 Å². The van der Waals surface area contributed by atoms with Gasteiger partial charge < -0.3 is 5.11 Å². The first-order chi connectivity index (χ1) is 9.47. The van der Waals surface area contributed by atoms with Crippen LogP contribution in [0.15, 0.2) is 18.2 Å². The molecule has 1 N–H and O–H groups in total. The van der Waals surface area contributed by atoms with Crippen molar-refractivity contribution in [3.63, 3.8) is 0 Å². The molecule has 0 aliphatic carbocycles. The van der Waals surface area contributed by atoms with Crippen molar-refractivity contribution in [3.8, 4) is 11.4 Å². The number of aromatic nitrogens is 4. The number of hydrogen-bond acceptors (Lipinski definition) is 4. The number of carboxylic acids is 1. The molecule has 0 aliphatic heterocycles. The van der Waals surface area contributed by atoms with Gasteiger partial charge in [0.2, 0.25) is 0 Å². The fourth-order valence-electron chi connectivity index (χ4n) is 1.85. The van der Waals surface area contributed by atoms with Crippen LogP contribution in [0.3, 0.4) is 0 Å². The smallest absolute Gasteiger partial charge is 0.303 e. The van der Waals surface area contributed by atoms with Crippen molar-refractivity contribution in [2.75, 3.05) is 0 Å². The summed E-state index contributed by atoms with van der Waals surface area (Å²) in [5.41, 5.74) is 0.617. The van der Waals surface area contributed by atoms with Crippen LogP contribution in [-0.4, -0.2) is 31.3 Å². The van der Waals surface area contributed by atoms with Gasteiger partial charge in [0, 0.05) is 23.6 Å². The minimum Gasteiger partial charge on any atom is -0.481 e. The van der Waals surface area contributed by atoms with E-state index in [1.807, 2.05) is 6.92 Å². The largest absolute Gasteiger partial charge is 0.481 e. The molecule has 1 aromatic heterocycles. The summed E-state index contributed by atoms with van der Waals surface area (Å²) in [5.74, 6) is -0.490. The topological polar surface area (TPSA) is 80.9 Å². The minimum atomic E-state index is -0.854. The molecule has 6 nitrogen and oxygen atoms in total. The SMILES string of the molecule is CC(CC(=O)O)Cn1nnnc1-c1cc(Cl)ccc1Cl. The Labute approximate surface area is 125 Å². The molecular formula is C12H12Cl2N4O2. The van der Waals surface area contributed by atoms with Gasteiger partial charge in [0.05, 0.1) is 5.02 Å². The van der Waals surface area contributed by atoms with Gasteiger partial charge in [-0.1, -0.05) is 30.1 Å². The summed E-state index contributed by atoms with van der Waals surface area (Å²) in [6.07, 6.45) is 0.0442. The van der Waals surface area contributed by atoms with E-state index in [0.717, 1.165) is 0 Å². The zero-order chi connectivity index (χ0) is 14.7. The third kappa shape index (κ3) is 3.46. The number of carbonyl (C=O) groups is 1. The van der Waals surface area contributed by atoms with Gasteiger partial charge in [0.15, 0.2) is 5.82 Å². The second-order valence-electron chi connectivity index (χ2n) is 4.51. The lowest BCUT2D eigenvalue weighted by molar-refractivity contribution is -0.138. The third-order valence-electron chi connectivity index (χ3n) is 2.71. The molecule has 1 atom stereocenters. The molecule has 20 heavy (non-hydrogen) atoms. The van der Waals surface area contributed by atoms with Gasteiger partial charge in [-0.15, -0.1) is 5.10 Å². The highest BCUT2D eigenvalue weighted by molar-refractivity contribution is 6.35. The highest BCUT2D eigenvalue weighted by Crippen LogP contribution is 2.29. The first-order valence-electron chi connectivity index (χ1n) is 5.90. The molecule has 1 aromatic carbocycles. The van der Waals surface area contributed by atoms with Gasteiger partial charge in [0.1, 0.15) is 0 Å². The molecule has 1 heterocycles. The molecule has 1 unspecified atom stereocenters. The van der Waals surface area contributed by atoms with Crippen molar-refractivity contribution in [3.05, 3.63) is 28.2 Å². The first kappa shape index (κ1) is 14.7. The quantitative estimate of drug-likeness (QED) is 0.917. The second kappa shape index (κ2) is 6.19. The van der Waals surface area contributed by atoms with E-state index in [-0.39, 0.29) is 12.3 Å². The molecule has 0 amide bonds. The Kier molecular flexibility index (Phi) is 4.57. The number of hydrogen-bond donors (Lipinski definition) is 1. The van der Waals surface area contributed by atoms with Crippen LogP contribution >= 0.6 is 23.2 Å². The predicted molar refractivity (Wildman–Crippen MR) is 74.7 cm³/mol. The Balaban J connectivity index is 2.28. The number of benzene rings is 1. The van der Waals surface area contributed by atoms with E-state index in [0.29, 0.717) is 28.0 Å². The summed E-state index contributed by atoms with van der Waals surface area (Å²) in [5, 5.41) is 21.2. The molecule has 0 saturated heterocycles. The van der Waals surface area contributed by atoms with E-state index < -0.39 is 5.97 Å². The minimum absolute atomic E-state index is 0.0442.